The van der Waals surface area contributed by atoms with E-state index in [2.05, 4.69) is 43.4 Å². The molecule has 1 saturated heterocycles. The summed E-state index contributed by atoms with van der Waals surface area (Å²) >= 11 is 0. The Morgan fingerprint density at radius 3 is 2.78 bits per heavy atom. The van der Waals surface area contributed by atoms with E-state index in [1.807, 2.05) is 35.0 Å². The van der Waals surface area contributed by atoms with Crippen LogP contribution in [0.1, 0.15) is 40.4 Å². The van der Waals surface area contributed by atoms with Crippen LogP contribution in [0.3, 0.4) is 0 Å². The summed E-state index contributed by atoms with van der Waals surface area (Å²) in [4.78, 5) is 25.6. The van der Waals surface area contributed by atoms with E-state index < -0.39 is 0 Å². The van der Waals surface area contributed by atoms with Crippen molar-refractivity contribution in [3.05, 3.63) is 59.4 Å². The molecule has 2 fully saturated rings. The molecule has 3 aromatic heterocycles. The highest BCUT2D eigenvalue weighted by molar-refractivity contribution is 5.90. The number of carbonyl (C=O) groups excluding carboxylic acids is 1. The molecule has 1 aliphatic heterocycles. The van der Waals surface area contributed by atoms with Crippen molar-refractivity contribution in [1.29, 1.82) is 0 Å². The van der Waals surface area contributed by atoms with Crippen molar-refractivity contribution in [2.75, 3.05) is 36.4 Å². The fourth-order valence-corrected chi connectivity index (χ4v) is 4.77. The molecule has 2 aliphatic rings. The Kier molecular flexibility index (Phi) is 5.87. The van der Waals surface area contributed by atoms with Crippen molar-refractivity contribution >= 4 is 34.9 Å². The van der Waals surface area contributed by atoms with E-state index in [0.29, 0.717) is 24.0 Å². The summed E-state index contributed by atoms with van der Waals surface area (Å²) in [5.74, 6) is 5.48. The molecule has 9 nitrogen and oxygen atoms in total. The molecule has 9 heteroatoms. The van der Waals surface area contributed by atoms with Crippen LogP contribution in [-0.4, -0.2) is 62.1 Å². The van der Waals surface area contributed by atoms with Gasteiger partial charge in [0.1, 0.15) is 17.8 Å². The highest BCUT2D eigenvalue weighted by Gasteiger charge is 2.26. The molecule has 1 aliphatic carbocycles. The maximum atomic E-state index is 11.1. The third-order valence-corrected chi connectivity index (χ3v) is 6.88. The lowest BCUT2D eigenvalue weighted by Crippen LogP contribution is -2.46. The molecular formula is C27H28N8O. The third-order valence-electron chi connectivity index (χ3n) is 6.88. The molecule has 2 N–H and O–H groups in total. The lowest BCUT2D eigenvalue weighted by Gasteiger charge is -2.35. The Morgan fingerprint density at radius 1 is 1.14 bits per heavy atom. The second kappa shape index (κ2) is 9.47. The summed E-state index contributed by atoms with van der Waals surface area (Å²) in [7, 11) is 0. The minimum Gasteiger partial charge on any atom is -0.338 e. The first-order valence-corrected chi connectivity index (χ1v) is 12.3. The first kappa shape index (κ1) is 22.3. The smallest absolute Gasteiger partial charge is 0.229 e. The Balaban J connectivity index is 1.22. The monoisotopic (exact) mass is 480 g/mol. The number of aromatic nitrogens is 5. The molecule has 6 rings (SSSR count). The first-order chi connectivity index (χ1) is 17.7. The number of hydrogen-bond donors (Lipinski definition) is 2. The Labute approximate surface area is 209 Å². The van der Waals surface area contributed by atoms with Crippen molar-refractivity contribution in [3.63, 3.8) is 0 Å². The molecule has 0 bridgehead atoms. The minimum atomic E-state index is 0.446. The predicted octanol–water partition coefficient (Wildman–Crippen LogP) is 3.54. The van der Waals surface area contributed by atoms with Crippen molar-refractivity contribution in [1.82, 2.24) is 29.6 Å². The van der Waals surface area contributed by atoms with E-state index in [0.717, 1.165) is 67.2 Å². The number of terminal acetylenes is 1. The predicted molar refractivity (Wildman–Crippen MR) is 140 cm³/mol. The van der Waals surface area contributed by atoms with E-state index in [4.69, 9.17) is 16.4 Å². The van der Waals surface area contributed by atoms with Crippen LogP contribution in [0, 0.1) is 12.3 Å². The number of anilines is 3. The maximum absolute atomic E-state index is 11.1. The number of piperazine rings is 1. The average Bonchev–Trinajstić information content (AvgIpc) is 3.52. The summed E-state index contributed by atoms with van der Waals surface area (Å²) in [5, 5.41) is 11.9. The van der Waals surface area contributed by atoms with Crippen LogP contribution in [-0.2, 0) is 13.1 Å². The van der Waals surface area contributed by atoms with Gasteiger partial charge in [0.25, 0.3) is 0 Å². The number of aromatic amines is 1. The van der Waals surface area contributed by atoms with Gasteiger partial charge in [-0.3, -0.25) is 14.8 Å². The summed E-state index contributed by atoms with van der Waals surface area (Å²) in [6, 6.07) is 11.9. The molecule has 182 valence electrons. The number of benzene rings is 1. The fraction of sp³-hybridized carbons (Fsp3) is 0.333. The minimum absolute atomic E-state index is 0.446. The standard InChI is InChI=1S/C27H28N8O/c1-2-9-34-10-8-22-25(28-24-16-23(31-32-24)21-6-7-21)29-27(30-26(22)34)35-13-11-33(12-14-35)17-19-4-3-5-20(15-19)18-36/h1,3-5,8,10,15-16,18,21H,6-7,9,11-14,17H2,(H2,28,29,30,31,32). The Hall–Kier alpha value is -4.16. The molecule has 0 spiro atoms. The highest BCUT2D eigenvalue weighted by atomic mass is 16.1. The highest BCUT2D eigenvalue weighted by Crippen LogP contribution is 2.40. The maximum Gasteiger partial charge on any atom is 0.229 e. The van der Waals surface area contributed by atoms with Gasteiger partial charge in [0, 0.05) is 62.2 Å². The quantitative estimate of drug-likeness (QED) is 0.294. The van der Waals surface area contributed by atoms with Gasteiger partial charge in [-0.2, -0.15) is 15.1 Å². The van der Waals surface area contributed by atoms with Crippen LogP contribution >= 0.6 is 0 Å². The van der Waals surface area contributed by atoms with Crippen LogP contribution in [0.4, 0.5) is 17.6 Å². The first-order valence-electron chi connectivity index (χ1n) is 12.3. The zero-order valence-corrected chi connectivity index (χ0v) is 20.0. The summed E-state index contributed by atoms with van der Waals surface area (Å²) in [6.45, 7) is 4.64. The van der Waals surface area contributed by atoms with E-state index >= 15 is 0 Å². The fourth-order valence-electron chi connectivity index (χ4n) is 4.77. The van der Waals surface area contributed by atoms with E-state index in [1.165, 1.54) is 18.5 Å². The van der Waals surface area contributed by atoms with Crippen LogP contribution in [0.25, 0.3) is 11.0 Å². The van der Waals surface area contributed by atoms with Crippen LogP contribution in [0.5, 0.6) is 0 Å². The number of hydrogen-bond acceptors (Lipinski definition) is 7. The zero-order valence-electron chi connectivity index (χ0n) is 20.0. The Morgan fingerprint density at radius 2 is 2.00 bits per heavy atom. The number of H-pyrrole nitrogens is 1. The molecule has 0 amide bonds. The lowest BCUT2D eigenvalue weighted by molar-refractivity contribution is 0.112. The number of carbonyl (C=O) groups is 1. The second-order valence-electron chi connectivity index (χ2n) is 9.49. The largest absolute Gasteiger partial charge is 0.338 e. The SMILES string of the molecule is C#CCn1ccc2c(Nc3cc(C4CC4)[nH]n3)nc(N3CCN(Cc4cccc(C=O)c4)CC3)nc21. The van der Waals surface area contributed by atoms with Gasteiger partial charge in [-0.05, 0) is 30.5 Å². The van der Waals surface area contributed by atoms with Crippen molar-refractivity contribution in [3.8, 4) is 12.3 Å². The molecule has 36 heavy (non-hydrogen) atoms. The molecule has 4 aromatic rings. The van der Waals surface area contributed by atoms with Crippen molar-refractivity contribution in [2.24, 2.45) is 0 Å². The van der Waals surface area contributed by atoms with Gasteiger partial charge in [0.15, 0.2) is 5.82 Å². The molecule has 0 radical (unpaired) electrons. The second-order valence-corrected chi connectivity index (χ2v) is 9.49. The average molecular weight is 481 g/mol. The molecule has 4 heterocycles. The van der Waals surface area contributed by atoms with E-state index in [1.54, 1.807) is 0 Å². The zero-order chi connectivity index (χ0) is 24.5. The van der Waals surface area contributed by atoms with E-state index in [-0.39, 0.29) is 0 Å². The summed E-state index contributed by atoms with van der Waals surface area (Å²) in [6.07, 6.45) is 10.9. The van der Waals surface area contributed by atoms with Crippen LogP contribution in [0.15, 0.2) is 42.6 Å². The van der Waals surface area contributed by atoms with Gasteiger partial charge in [0.05, 0.1) is 11.9 Å². The van der Waals surface area contributed by atoms with Gasteiger partial charge in [-0.1, -0.05) is 24.1 Å². The Bertz CT molecular complexity index is 1440. The number of rotatable bonds is 8. The van der Waals surface area contributed by atoms with Crippen molar-refractivity contribution < 1.29 is 4.79 Å². The molecule has 0 unspecified atom stereocenters. The van der Waals surface area contributed by atoms with E-state index in [9.17, 15) is 4.79 Å². The van der Waals surface area contributed by atoms with Gasteiger partial charge in [-0.15, -0.1) is 6.42 Å². The topological polar surface area (TPSA) is 95.0 Å². The summed E-state index contributed by atoms with van der Waals surface area (Å²) in [5.41, 5.74) is 3.84. The molecule has 1 aromatic carbocycles. The van der Waals surface area contributed by atoms with Gasteiger partial charge < -0.3 is 14.8 Å². The summed E-state index contributed by atoms with van der Waals surface area (Å²) < 4.78 is 1.97. The van der Waals surface area contributed by atoms with Crippen molar-refractivity contribution in [2.45, 2.75) is 31.8 Å². The van der Waals surface area contributed by atoms with Gasteiger partial charge >= 0.3 is 0 Å². The van der Waals surface area contributed by atoms with Gasteiger partial charge in [-0.25, -0.2) is 0 Å². The number of fused-ring (bicyclic) bond motifs is 1. The number of nitrogens with one attached hydrogen (secondary N) is 2. The van der Waals surface area contributed by atoms with Crippen LogP contribution < -0.4 is 10.2 Å². The number of aldehydes is 1. The molecule has 1 saturated carbocycles. The van der Waals surface area contributed by atoms with Crippen LogP contribution in [0.2, 0.25) is 0 Å². The molecule has 0 atom stereocenters. The third kappa shape index (κ3) is 4.55. The normalized spacial score (nSPS) is 16.2. The van der Waals surface area contributed by atoms with Gasteiger partial charge in [0.2, 0.25) is 5.95 Å². The number of nitrogens with zero attached hydrogens (tertiary/aromatic N) is 6. The molecular weight excluding hydrogens is 452 g/mol. The lowest BCUT2D eigenvalue weighted by atomic mass is 10.1.